The van der Waals surface area contributed by atoms with Crippen molar-refractivity contribution in [3.05, 3.63) is 346 Å². The second-order valence-corrected chi connectivity index (χ2v) is 44.1. The highest BCUT2D eigenvalue weighted by atomic mass is 15.2. The summed E-state index contributed by atoms with van der Waals surface area (Å²) in [7, 11) is 0. The number of hydrogen-bond donors (Lipinski definition) is 0. The summed E-state index contributed by atoms with van der Waals surface area (Å²) in [5.41, 5.74) is 43.2. The summed E-state index contributed by atoms with van der Waals surface area (Å²) in [6.07, 6.45) is 9.37. The molecule has 0 bridgehead atoms. The van der Waals surface area contributed by atoms with Gasteiger partial charge in [0, 0.05) is 79.2 Å². The summed E-state index contributed by atoms with van der Waals surface area (Å²) >= 11 is 0. The maximum atomic E-state index is 2.78. The Hall–Kier alpha value is -11.3. The molecule has 0 fully saturated rings. The number of nitrogens with zero attached hydrogens (tertiary/aromatic N) is 4. The van der Waals surface area contributed by atoms with Gasteiger partial charge in [0.05, 0.1) is 17.1 Å². The smallest absolute Gasteiger partial charge is 0.252 e. The number of aryl methyl sites for hydroxylation is 3. The predicted molar refractivity (Wildman–Crippen MR) is 540 cm³/mol. The van der Waals surface area contributed by atoms with Crippen molar-refractivity contribution in [3.8, 4) is 33.4 Å². The second kappa shape index (κ2) is 29.7. The van der Waals surface area contributed by atoms with E-state index in [9.17, 15) is 0 Å². The van der Waals surface area contributed by atoms with Crippen LogP contribution in [0.1, 0.15) is 232 Å². The van der Waals surface area contributed by atoms with Gasteiger partial charge in [-0.3, -0.25) is 0 Å². The molecule has 1 aliphatic carbocycles. The van der Waals surface area contributed by atoms with Crippen molar-refractivity contribution >= 4 is 114 Å². The summed E-state index contributed by atoms with van der Waals surface area (Å²) in [6, 6.07) is 102. The highest BCUT2D eigenvalue weighted by Gasteiger charge is 2.53. The van der Waals surface area contributed by atoms with Crippen LogP contribution in [-0.2, 0) is 43.3 Å². The lowest BCUT2D eigenvalue weighted by molar-refractivity contribution is 0.304. The average molecular weight is 1620 g/mol. The molecule has 0 saturated carbocycles. The molecule has 0 aromatic heterocycles. The molecule has 2 atom stereocenters. The summed E-state index contributed by atoms with van der Waals surface area (Å²) in [6.45, 7) is 61.9. The highest BCUT2D eigenvalue weighted by Crippen LogP contribution is 2.58. The van der Waals surface area contributed by atoms with Crippen molar-refractivity contribution in [2.24, 2.45) is 5.92 Å². The largest absolute Gasteiger partial charge is 0.311 e. The van der Waals surface area contributed by atoms with Gasteiger partial charge in [-0.2, -0.15) is 0 Å². The van der Waals surface area contributed by atoms with Crippen LogP contribution >= 0.6 is 0 Å². The van der Waals surface area contributed by atoms with Gasteiger partial charge in [-0.05, 0) is 242 Å². The second-order valence-electron chi connectivity index (χ2n) is 44.1. The van der Waals surface area contributed by atoms with E-state index in [0.29, 0.717) is 0 Å². The number of fused-ring (bicyclic) bond motifs is 8. The van der Waals surface area contributed by atoms with Gasteiger partial charge >= 0.3 is 0 Å². The van der Waals surface area contributed by atoms with Gasteiger partial charge in [-0.25, -0.2) is 0 Å². The Morgan fingerprint density at radius 2 is 0.605 bits per heavy atom. The first-order chi connectivity index (χ1) is 58.5. The quantitative estimate of drug-likeness (QED) is 0.120. The molecule has 2 unspecified atom stereocenters. The molecule has 6 heteroatoms. The Kier molecular flexibility index (Phi) is 20.0. The Morgan fingerprint density at radius 3 is 1.06 bits per heavy atom. The zero-order valence-corrected chi connectivity index (χ0v) is 78.7. The van der Waals surface area contributed by atoms with Crippen molar-refractivity contribution in [2.45, 2.75) is 229 Å². The Balaban J connectivity index is 0.937. The first-order valence-electron chi connectivity index (χ1n) is 45.7. The first-order valence-corrected chi connectivity index (χ1v) is 45.7. The average Bonchev–Trinajstić information content (AvgIpc) is 0.697. The maximum absolute atomic E-state index is 2.78. The van der Waals surface area contributed by atoms with E-state index < -0.39 is 10.8 Å². The zero-order chi connectivity index (χ0) is 87.9. The lowest BCUT2D eigenvalue weighted by Gasteiger charge is -2.51. The molecule has 124 heavy (non-hydrogen) atoms. The lowest BCUT2D eigenvalue weighted by atomic mass is 9.32. The molecule has 0 amide bonds. The first kappa shape index (κ1) is 83.6. The van der Waals surface area contributed by atoms with Crippen LogP contribution in [0.2, 0.25) is 0 Å². The molecule has 13 aromatic rings. The summed E-state index contributed by atoms with van der Waals surface area (Å²) in [5, 5.41) is 0. The minimum absolute atomic E-state index is 0.000970. The molecule has 0 saturated heterocycles. The minimum Gasteiger partial charge on any atom is -0.311 e. The van der Waals surface area contributed by atoms with Crippen molar-refractivity contribution in [2.75, 3.05) is 19.6 Å². The molecule has 4 aliphatic heterocycles. The van der Waals surface area contributed by atoms with E-state index >= 15 is 0 Å². The number of rotatable bonds is 11. The van der Waals surface area contributed by atoms with E-state index in [4.69, 9.17) is 0 Å². The molecule has 0 N–H and O–H groups in total. The lowest BCUT2D eigenvalue weighted by Crippen LogP contribution is -2.62. The van der Waals surface area contributed by atoms with Gasteiger partial charge in [-0.15, -0.1) is 0 Å². The monoisotopic (exact) mass is 1620 g/mol. The molecular formula is C118H126B2N4. The van der Waals surface area contributed by atoms with Crippen molar-refractivity contribution in [1.82, 2.24) is 0 Å². The Labute approximate surface area is 743 Å². The van der Waals surface area contributed by atoms with Gasteiger partial charge in [0.15, 0.2) is 0 Å². The van der Waals surface area contributed by atoms with Gasteiger partial charge < -0.3 is 19.6 Å². The van der Waals surface area contributed by atoms with Gasteiger partial charge in [-0.1, -0.05) is 377 Å². The van der Waals surface area contributed by atoms with E-state index in [2.05, 4.69) is 479 Å². The van der Waals surface area contributed by atoms with Crippen LogP contribution in [0, 0.1) is 26.7 Å². The summed E-state index contributed by atoms with van der Waals surface area (Å²) < 4.78 is 0. The fourth-order valence-electron chi connectivity index (χ4n) is 21.0. The number of benzene rings is 13. The molecule has 0 spiro atoms. The van der Waals surface area contributed by atoms with Crippen LogP contribution in [0.3, 0.4) is 0 Å². The SMILES string of the molecule is Cc1ccc(N2c3ccc(C(C)(C)C)cc3B3c4cc(C(C)(C)C(C)(C)c5ccc6c7c5N(c5ccccc5C5C=CC=CC5C)c5ccc(C(C)(C)C)cc5B7c5cc(C(C)(C)C)ccc5N6c5ccccc5-c5ccccc5C)ccc4N(c4ccc(C)cc4-c4ccc(C(C)(C)C)cc4)c4c(C(C)(C)C)ccc2c43)c(-c2ccc(C(C)(C)C)cc2)c1. The summed E-state index contributed by atoms with van der Waals surface area (Å²) in [4.78, 5) is 10.9. The standard InChI is InChI=1S/C118H126B2N4/c1-73-43-59-99(89(67-73)77-45-49-79(50-46-77)111(5,6)7)122-102-62-54-82(114(14,15)16)70-94(102)120-96-72-84(56-64-104(96)124(109-91(116(20,21)22)57-65-105(122)107(109)120)100-60-44-74(2)68-90(100)78-47-51-80(52-48-78)112(8,9)10)117(23,24)118(25,26)92-58-66-106-108-110(92)123(98-42-34-32-40-88(98)86-38-30-28-36-76(86)4)103-63-55-83(115(17,18)19)71-95(103)119(108)93-69-81(113(11,12)13)53-61-101(93)121(106)97-41-33-31-39-87(97)85-37-29-27-35-75(85)3/h27-72,76,86H,1-26H3. The Bertz CT molecular complexity index is 6510. The molecule has 4 heterocycles. The zero-order valence-electron chi connectivity index (χ0n) is 78.7. The van der Waals surface area contributed by atoms with Crippen molar-refractivity contribution in [3.63, 3.8) is 0 Å². The van der Waals surface area contributed by atoms with E-state index in [1.54, 1.807) is 0 Å². The fraction of sp³-hybridized carbons (Fsp3) is 0.305. The fourth-order valence-corrected chi connectivity index (χ4v) is 21.0. The van der Waals surface area contributed by atoms with Crippen LogP contribution in [0.15, 0.2) is 279 Å². The third-order valence-electron chi connectivity index (χ3n) is 29.0. The van der Waals surface area contributed by atoms with Crippen LogP contribution in [0.25, 0.3) is 33.4 Å². The summed E-state index contributed by atoms with van der Waals surface area (Å²) in [5.74, 6) is 0.390. The van der Waals surface area contributed by atoms with Crippen molar-refractivity contribution in [1.29, 1.82) is 0 Å². The molecule has 5 aliphatic rings. The van der Waals surface area contributed by atoms with E-state index in [0.717, 1.165) is 17.1 Å². The van der Waals surface area contributed by atoms with Crippen LogP contribution in [-0.4, -0.2) is 13.4 Å². The van der Waals surface area contributed by atoms with Crippen LogP contribution < -0.4 is 52.4 Å². The molecule has 624 valence electrons. The minimum atomic E-state index is -0.613. The number of allylic oxidation sites excluding steroid dienone is 4. The number of hydrogen-bond acceptors (Lipinski definition) is 4. The number of para-hydroxylation sites is 2. The molecule has 0 radical (unpaired) electrons. The van der Waals surface area contributed by atoms with Crippen LogP contribution in [0.4, 0.5) is 68.2 Å². The maximum Gasteiger partial charge on any atom is 0.252 e. The normalized spacial score (nSPS) is 15.7. The van der Waals surface area contributed by atoms with E-state index in [-0.39, 0.29) is 57.8 Å². The highest BCUT2D eigenvalue weighted by molar-refractivity contribution is 7.01. The van der Waals surface area contributed by atoms with Crippen molar-refractivity contribution < 1.29 is 0 Å². The van der Waals surface area contributed by atoms with E-state index in [1.807, 2.05) is 0 Å². The van der Waals surface area contributed by atoms with Crippen LogP contribution in [0.5, 0.6) is 0 Å². The van der Waals surface area contributed by atoms with Gasteiger partial charge in [0.2, 0.25) is 0 Å². The van der Waals surface area contributed by atoms with Gasteiger partial charge in [0.25, 0.3) is 13.4 Å². The molecular weight excluding hydrogens is 1490 g/mol. The third kappa shape index (κ3) is 13.9. The van der Waals surface area contributed by atoms with Gasteiger partial charge in [0.1, 0.15) is 0 Å². The predicted octanol–water partition coefficient (Wildman–Crippen LogP) is 28.7. The third-order valence-corrected chi connectivity index (χ3v) is 29.0. The van der Waals surface area contributed by atoms with E-state index in [1.165, 1.54) is 184 Å². The molecule has 13 aromatic carbocycles. The Morgan fingerprint density at radius 1 is 0.258 bits per heavy atom. The topological polar surface area (TPSA) is 13.0 Å². The molecule has 18 rings (SSSR count). The molecule has 4 nitrogen and oxygen atoms in total. The number of anilines is 12.